The van der Waals surface area contributed by atoms with Crippen molar-refractivity contribution in [2.75, 3.05) is 11.9 Å². The van der Waals surface area contributed by atoms with Crippen molar-refractivity contribution in [1.82, 2.24) is 0 Å². The number of hydrogen-bond donors (Lipinski definition) is 1. The maximum absolute atomic E-state index is 13.0. The summed E-state index contributed by atoms with van der Waals surface area (Å²) in [6.45, 7) is 1.33. The summed E-state index contributed by atoms with van der Waals surface area (Å²) < 4.78 is 31.5. The molecular weight excluding hydrogens is 372 g/mol. The Morgan fingerprint density at radius 1 is 1.13 bits per heavy atom. The monoisotopic (exact) mass is 383 g/mol. The van der Waals surface area contributed by atoms with Gasteiger partial charge in [-0.1, -0.05) is 6.07 Å². The predicted octanol–water partition coefficient (Wildman–Crippen LogP) is 3.83. The average molecular weight is 384 g/mol. The van der Waals surface area contributed by atoms with Gasteiger partial charge < -0.3 is 10.1 Å². The second-order valence-corrected chi connectivity index (χ2v) is 5.62. The molecule has 4 nitrogen and oxygen atoms in total. The number of hydrogen-bond acceptors (Lipinski definition) is 3. The Hall–Kier alpha value is -2.28. The van der Waals surface area contributed by atoms with Crippen molar-refractivity contribution in [3.63, 3.8) is 0 Å². The zero-order valence-electron chi connectivity index (χ0n) is 12.0. The van der Waals surface area contributed by atoms with Gasteiger partial charge in [-0.2, -0.15) is 0 Å². The lowest BCUT2D eigenvalue weighted by atomic mass is 10.2. The summed E-state index contributed by atoms with van der Waals surface area (Å²) in [4.78, 5) is 23.4. The summed E-state index contributed by atoms with van der Waals surface area (Å²) in [7, 11) is 0. The number of benzene rings is 2. The molecule has 0 aliphatic rings. The molecule has 0 aliphatic carbocycles. The number of carbonyl (C=O) groups excluding carboxylic acids is 2. The van der Waals surface area contributed by atoms with Gasteiger partial charge in [-0.3, -0.25) is 4.79 Å². The van der Waals surface area contributed by atoms with E-state index in [0.717, 1.165) is 17.7 Å². The summed E-state index contributed by atoms with van der Waals surface area (Å²) >= 11 is 3.30. The summed E-state index contributed by atoms with van der Waals surface area (Å²) in [5.41, 5.74) is 1.23. The molecule has 0 unspecified atom stereocenters. The van der Waals surface area contributed by atoms with Crippen LogP contribution < -0.4 is 5.32 Å². The molecule has 1 N–H and O–H groups in total. The quantitative estimate of drug-likeness (QED) is 0.816. The highest BCUT2D eigenvalue weighted by atomic mass is 79.9. The molecule has 0 aromatic heterocycles. The van der Waals surface area contributed by atoms with E-state index in [1.165, 1.54) is 0 Å². The normalized spacial score (nSPS) is 10.3. The average Bonchev–Trinajstić information content (AvgIpc) is 2.46. The van der Waals surface area contributed by atoms with Gasteiger partial charge in [0.2, 0.25) is 0 Å². The molecule has 0 heterocycles. The molecule has 120 valence electrons. The molecule has 0 bridgehead atoms. The molecule has 2 aromatic rings. The lowest BCUT2D eigenvalue weighted by molar-refractivity contribution is -0.119. The van der Waals surface area contributed by atoms with E-state index in [4.69, 9.17) is 4.74 Å². The van der Waals surface area contributed by atoms with Crippen LogP contribution in [0.3, 0.4) is 0 Å². The number of carbonyl (C=O) groups is 2. The van der Waals surface area contributed by atoms with Crippen LogP contribution in [0, 0.1) is 18.6 Å². The van der Waals surface area contributed by atoms with Gasteiger partial charge in [-0.05, 0) is 52.7 Å². The highest BCUT2D eigenvalue weighted by Gasteiger charge is 2.13. The van der Waals surface area contributed by atoms with Crippen LogP contribution in [-0.4, -0.2) is 18.5 Å². The van der Waals surface area contributed by atoms with E-state index in [1.807, 2.05) is 19.1 Å². The zero-order chi connectivity index (χ0) is 17.0. The molecule has 0 fully saturated rings. The summed E-state index contributed by atoms with van der Waals surface area (Å²) in [6.07, 6.45) is 0. The first-order valence-electron chi connectivity index (χ1n) is 6.54. The fourth-order valence-corrected chi connectivity index (χ4v) is 2.39. The Bertz CT molecular complexity index is 745. The molecule has 7 heteroatoms. The third-order valence-corrected chi connectivity index (χ3v) is 3.49. The van der Waals surface area contributed by atoms with E-state index in [2.05, 4.69) is 21.2 Å². The number of aryl methyl sites for hydroxylation is 1. The number of rotatable bonds is 4. The van der Waals surface area contributed by atoms with Crippen LogP contribution in [0.2, 0.25) is 0 Å². The highest BCUT2D eigenvalue weighted by Crippen LogP contribution is 2.23. The SMILES string of the molecule is Cc1ccc(NC(=O)COC(=O)c2cc(F)cc(F)c2)c(Br)c1. The van der Waals surface area contributed by atoms with Crippen molar-refractivity contribution in [2.45, 2.75) is 6.92 Å². The zero-order valence-corrected chi connectivity index (χ0v) is 13.6. The minimum atomic E-state index is -0.985. The summed E-state index contributed by atoms with van der Waals surface area (Å²) in [5.74, 6) is -3.35. The van der Waals surface area contributed by atoms with Crippen LogP contribution >= 0.6 is 15.9 Å². The van der Waals surface area contributed by atoms with Gasteiger partial charge in [0.25, 0.3) is 5.91 Å². The van der Waals surface area contributed by atoms with Gasteiger partial charge in [0, 0.05) is 10.5 Å². The largest absolute Gasteiger partial charge is 0.452 e. The van der Waals surface area contributed by atoms with E-state index in [9.17, 15) is 18.4 Å². The van der Waals surface area contributed by atoms with Crippen molar-refractivity contribution >= 4 is 33.5 Å². The molecule has 1 amide bonds. The van der Waals surface area contributed by atoms with Crippen molar-refractivity contribution in [3.8, 4) is 0 Å². The molecule has 0 radical (unpaired) electrons. The van der Waals surface area contributed by atoms with E-state index in [-0.39, 0.29) is 5.56 Å². The van der Waals surface area contributed by atoms with Crippen LogP contribution in [0.4, 0.5) is 14.5 Å². The van der Waals surface area contributed by atoms with Crippen molar-refractivity contribution in [3.05, 3.63) is 63.6 Å². The number of esters is 1. The molecule has 0 spiro atoms. The van der Waals surface area contributed by atoms with Gasteiger partial charge in [0.1, 0.15) is 11.6 Å². The minimum absolute atomic E-state index is 0.299. The number of anilines is 1. The molecule has 0 aliphatic heterocycles. The van der Waals surface area contributed by atoms with E-state index < -0.39 is 30.1 Å². The number of amides is 1. The predicted molar refractivity (Wildman–Crippen MR) is 84.1 cm³/mol. The number of halogens is 3. The van der Waals surface area contributed by atoms with Gasteiger partial charge >= 0.3 is 5.97 Å². The first kappa shape index (κ1) is 17.1. The molecular formula is C16H12BrF2NO3. The minimum Gasteiger partial charge on any atom is -0.452 e. The number of ether oxygens (including phenoxy) is 1. The fourth-order valence-electron chi connectivity index (χ4n) is 1.79. The smallest absolute Gasteiger partial charge is 0.338 e. The highest BCUT2D eigenvalue weighted by molar-refractivity contribution is 9.10. The lowest BCUT2D eigenvalue weighted by Gasteiger charge is -2.09. The maximum Gasteiger partial charge on any atom is 0.338 e. The van der Waals surface area contributed by atoms with Crippen LogP contribution in [-0.2, 0) is 9.53 Å². The van der Waals surface area contributed by atoms with Gasteiger partial charge in [0.15, 0.2) is 6.61 Å². The maximum atomic E-state index is 13.0. The Balaban J connectivity index is 1.94. The van der Waals surface area contributed by atoms with Gasteiger partial charge in [0.05, 0.1) is 11.3 Å². The lowest BCUT2D eigenvalue weighted by Crippen LogP contribution is -2.21. The van der Waals surface area contributed by atoms with E-state index >= 15 is 0 Å². The standard InChI is InChI=1S/C16H12BrF2NO3/c1-9-2-3-14(13(17)4-9)20-15(21)8-23-16(22)10-5-11(18)7-12(19)6-10/h2-7H,8H2,1H3,(H,20,21). The fraction of sp³-hybridized carbons (Fsp3) is 0.125. The van der Waals surface area contributed by atoms with Crippen LogP contribution in [0.15, 0.2) is 40.9 Å². The molecule has 2 rings (SSSR count). The van der Waals surface area contributed by atoms with E-state index in [1.54, 1.807) is 6.07 Å². The molecule has 2 aromatic carbocycles. The molecule has 0 atom stereocenters. The Labute approximate surface area is 139 Å². The topological polar surface area (TPSA) is 55.4 Å². The summed E-state index contributed by atoms with van der Waals surface area (Å²) in [6, 6.07) is 7.62. The van der Waals surface area contributed by atoms with Gasteiger partial charge in [-0.25, -0.2) is 13.6 Å². The van der Waals surface area contributed by atoms with Crippen LogP contribution in [0.5, 0.6) is 0 Å². The third kappa shape index (κ3) is 4.85. The summed E-state index contributed by atoms with van der Waals surface area (Å²) in [5, 5.41) is 2.56. The van der Waals surface area contributed by atoms with Crippen molar-refractivity contribution in [2.24, 2.45) is 0 Å². The van der Waals surface area contributed by atoms with Gasteiger partial charge in [-0.15, -0.1) is 0 Å². The van der Waals surface area contributed by atoms with E-state index in [0.29, 0.717) is 16.2 Å². The first-order valence-corrected chi connectivity index (χ1v) is 7.33. The third-order valence-electron chi connectivity index (χ3n) is 2.83. The Morgan fingerprint density at radius 2 is 1.78 bits per heavy atom. The Morgan fingerprint density at radius 3 is 2.39 bits per heavy atom. The van der Waals surface area contributed by atoms with Crippen LogP contribution in [0.1, 0.15) is 15.9 Å². The van der Waals surface area contributed by atoms with Crippen LogP contribution in [0.25, 0.3) is 0 Å². The second kappa shape index (κ2) is 7.32. The molecule has 0 saturated heterocycles. The van der Waals surface area contributed by atoms with Crippen molar-refractivity contribution in [1.29, 1.82) is 0 Å². The number of nitrogens with one attached hydrogen (secondary N) is 1. The second-order valence-electron chi connectivity index (χ2n) is 4.77. The Kier molecular flexibility index (Phi) is 5.44. The molecule has 23 heavy (non-hydrogen) atoms. The molecule has 0 saturated carbocycles. The first-order chi connectivity index (χ1) is 10.8. The van der Waals surface area contributed by atoms with Crippen molar-refractivity contribution < 1.29 is 23.1 Å².